The normalized spacial score (nSPS) is 11.7. The van der Waals surface area contributed by atoms with Crippen molar-refractivity contribution >= 4 is 16.8 Å². The second kappa shape index (κ2) is 7.38. The van der Waals surface area contributed by atoms with E-state index in [-0.39, 0.29) is 19.0 Å². The number of nitrogens with zero attached hydrogens (tertiary/aromatic N) is 4. The van der Waals surface area contributed by atoms with Gasteiger partial charge in [-0.1, -0.05) is 30.3 Å². The Labute approximate surface area is 162 Å². The lowest BCUT2D eigenvalue weighted by Crippen LogP contribution is -2.28. The molecule has 2 aromatic carbocycles. The highest BCUT2D eigenvalue weighted by Crippen LogP contribution is 2.33. The number of aromatic amines is 1. The summed E-state index contributed by atoms with van der Waals surface area (Å²) in [6.45, 7) is 0.0439. The van der Waals surface area contributed by atoms with Crippen LogP contribution in [0, 0.1) is 0 Å². The fourth-order valence-corrected chi connectivity index (χ4v) is 3.12. The first-order valence-corrected chi connectivity index (χ1v) is 8.71. The van der Waals surface area contributed by atoms with Crippen molar-refractivity contribution in [2.45, 2.75) is 12.7 Å². The van der Waals surface area contributed by atoms with Crippen LogP contribution in [0.4, 0.5) is 13.2 Å². The summed E-state index contributed by atoms with van der Waals surface area (Å²) in [5.74, 6) is 0.0193. The number of halogens is 3. The number of aromatic nitrogens is 5. The Morgan fingerprint density at radius 3 is 2.55 bits per heavy atom. The first-order valence-electron chi connectivity index (χ1n) is 8.71. The zero-order valence-electron chi connectivity index (χ0n) is 14.9. The third kappa shape index (κ3) is 3.82. The summed E-state index contributed by atoms with van der Waals surface area (Å²) in [4.78, 5) is 12.3. The molecule has 29 heavy (non-hydrogen) atoms. The van der Waals surface area contributed by atoms with Crippen molar-refractivity contribution in [1.29, 1.82) is 0 Å². The van der Waals surface area contributed by atoms with Crippen molar-refractivity contribution in [3.63, 3.8) is 0 Å². The van der Waals surface area contributed by atoms with Crippen LogP contribution in [-0.2, 0) is 12.7 Å². The number of alkyl halides is 3. The van der Waals surface area contributed by atoms with Crippen LogP contribution >= 0.6 is 0 Å². The first-order chi connectivity index (χ1) is 13.9. The number of carbonyl (C=O) groups is 1. The van der Waals surface area contributed by atoms with Crippen LogP contribution in [-0.4, -0.2) is 37.6 Å². The summed E-state index contributed by atoms with van der Waals surface area (Å²) < 4.78 is 41.3. The number of para-hydroxylation sites is 1. The molecule has 0 radical (unpaired) electrons. The zero-order chi connectivity index (χ0) is 20.4. The second-order valence-electron chi connectivity index (χ2n) is 6.31. The number of benzene rings is 2. The summed E-state index contributed by atoms with van der Waals surface area (Å²) in [5, 5.41) is 16.7. The van der Waals surface area contributed by atoms with Crippen LogP contribution in [0.15, 0.2) is 54.6 Å². The van der Waals surface area contributed by atoms with Gasteiger partial charge in [-0.2, -0.15) is 18.4 Å². The molecule has 0 unspecified atom stereocenters. The molecule has 2 heterocycles. The molecule has 10 heteroatoms. The fourth-order valence-electron chi connectivity index (χ4n) is 3.12. The minimum absolute atomic E-state index is 0.00492. The molecule has 4 rings (SSSR count). The van der Waals surface area contributed by atoms with Crippen molar-refractivity contribution in [3.05, 3.63) is 65.9 Å². The van der Waals surface area contributed by atoms with Gasteiger partial charge in [0.05, 0.1) is 0 Å². The molecule has 0 bridgehead atoms. The number of fused-ring (bicyclic) bond motifs is 1. The lowest BCUT2D eigenvalue weighted by atomic mass is 10.1. The Kier molecular flexibility index (Phi) is 4.75. The number of rotatable bonds is 5. The van der Waals surface area contributed by atoms with Gasteiger partial charge in [-0.15, -0.1) is 10.2 Å². The molecule has 148 valence electrons. The van der Waals surface area contributed by atoms with Gasteiger partial charge < -0.3 is 9.88 Å². The molecule has 7 nitrogen and oxygen atoms in total. The molecule has 1 amide bonds. The van der Waals surface area contributed by atoms with Crippen LogP contribution in [0.3, 0.4) is 0 Å². The van der Waals surface area contributed by atoms with Gasteiger partial charge in [0.25, 0.3) is 5.91 Å². The first kappa shape index (κ1) is 18.7. The van der Waals surface area contributed by atoms with E-state index in [0.29, 0.717) is 27.9 Å². The minimum Gasteiger partial charge on any atom is -0.350 e. The molecule has 0 spiro atoms. The summed E-state index contributed by atoms with van der Waals surface area (Å²) in [5.41, 5.74) is 0.797. The highest BCUT2D eigenvalue weighted by molar-refractivity contribution is 5.94. The van der Waals surface area contributed by atoms with Gasteiger partial charge in [0.1, 0.15) is 5.69 Å². The van der Waals surface area contributed by atoms with Gasteiger partial charge in [0.15, 0.2) is 0 Å². The van der Waals surface area contributed by atoms with Gasteiger partial charge in [-0.3, -0.25) is 4.79 Å². The standard InChI is InChI=1S/C19H15F3N6O/c20-19(21,22)16-11-14-3-1-2-4-15(14)28(16)10-9-23-18(29)13-7-5-12(6-8-13)17-24-26-27-25-17/h1-8,11H,9-10H2,(H,23,29)(H,24,25,26,27). The predicted molar refractivity (Wildman–Crippen MR) is 98.9 cm³/mol. The average Bonchev–Trinajstić information content (AvgIpc) is 3.36. The van der Waals surface area contributed by atoms with Crippen molar-refractivity contribution in [2.75, 3.05) is 6.54 Å². The summed E-state index contributed by atoms with van der Waals surface area (Å²) >= 11 is 0. The molecule has 0 aliphatic carbocycles. The average molecular weight is 400 g/mol. The maximum Gasteiger partial charge on any atom is 0.431 e. The molecule has 0 aliphatic rings. The Balaban J connectivity index is 1.46. The third-order valence-electron chi connectivity index (χ3n) is 4.47. The van der Waals surface area contributed by atoms with E-state index >= 15 is 0 Å². The maximum atomic E-state index is 13.4. The zero-order valence-corrected chi connectivity index (χ0v) is 14.9. The van der Waals surface area contributed by atoms with Crippen LogP contribution in [0.5, 0.6) is 0 Å². The monoisotopic (exact) mass is 400 g/mol. The Hall–Kier alpha value is -3.69. The van der Waals surface area contributed by atoms with E-state index in [0.717, 1.165) is 6.07 Å². The number of amides is 1. The second-order valence-corrected chi connectivity index (χ2v) is 6.31. The van der Waals surface area contributed by atoms with E-state index in [1.165, 1.54) is 4.57 Å². The van der Waals surface area contributed by atoms with E-state index in [1.54, 1.807) is 48.5 Å². The molecular weight excluding hydrogens is 385 g/mol. The predicted octanol–water partition coefficient (Wildman–Crippen LogP) is 3.27. The molecule has 2 N–H and O–H groups in total. The van der Waals surface area contributed by atoms with Crippen LogP contribution in [0.1, 0.15) is 16.1 Å². The summed E-state index contributed by atoms with van der Waals surface area (Å²) in [7, 11) is 0. The Morgan fingerprint density at radius 1 is 1.10 bits per heavy atom. The number of hydrogen-bond acceptors (Lipinski definition) is 4. The number of hydrogen-bond donors (Lipinski definition) is 2. The molecule has 0 saturated heterocycles. The van der Waals surface area contributed by atoms with E-state index < -0.39 is 11.9 Å². The van der Waals surface area contributed by atoms with E-state index in [9.17, 15) is 18.0 Å². The minimum atomic E-state index is -4.48. The molecule has 0 saturated carbocycles. The largest absolute Gasteiger partial charge is 0.431 e. The van der Waals surface area contributed by atoms with Crippen molar-refractivity contribution in [1.82, 2.24) is 30.5 Å². The van der Waals surface area contributed by atoms with Gasteiger partial charge in [-0.05, 0) is 29.5 Å². The van der Waals surface area contributed by atoms with Crippen LogP contribution in [0.2, 0.25) is 0 Å². The molecule has 0 atom stereocenters. The third-order valence-corrected chi connectivity index (χ3v) is 4.47. The molecule has 2 aromatic heterocycles. The molecule has 4 aromatic rings. The molecule has 0 fully saturated rings. The van der Waals surface area contributed by atoms with E-state index in [2.05, 4.69) is 25.9 Å². The topological polar surface area (TPSA) is 88.5 Å². The SMILES string of the molecule is O=C(NCCn1c(C(F)(F)F)cc2ccccc21)c1ccc(-c2nn[nH]n2)cc1. The summed E-state index contributed by atoms with van der Waals surface area (Å²) in [6.07, 6.45) is -4.48. The van der Waals surface area contributed by atoms with E-state index in [4.69, 9.17) is 0 Å². The van der Waals surface area contributed by atoms with Crippen molar-refractivity contribution in [2.24, 2.45) is 0 Å². The highest BCUT2D eigenvalue weighted by atomic mass is 19.4. The molecule has 0 aliphatic heterocycles. The number of tetrazole rings is 1. The smallest absolute Gasteiger partial charge is 0.350 e. The van der Waals surface area contributed by atoms with Gasteiger partial charge in [0.2, 0.25) is 5.82 Å². The van der Waals surface area contributed by atoms with Crippen LogP contribution < -0.4 is 5.32 Å². The van der Waals surface area contributed by atoms with Gasteiger partial charge in [0, 0.05) is 35.1 Å². The number of carbonyl (C=O) groups excluding carboxylic acids is 1. The van der Waals surface area contributed by atoms with Gasteiger partial charge >= 0.3 is 6.18 Å². The number of H-pyrrole nitrogens is 1. The lowest BCUT2D eigenvalue weighted by molar-refractivity contribution is -0.143. The Morgan fingerprint density at radius 2 is 1.86 bits per heavy atom. The maximum absolute atomic E-state index is 13.4. The highest BCUT2D eigenvalue weighted by Gasteiger charge is 2.35. The van der Waals surface area contributed by atoms with Crippen LogP contribution in [0.25, 0.3) is 22.3 Å². The lowest BCUT2D eigenvalue weighted by Gasteiger charge is -2.13. The van der Waals surface area contributed by atoms with E-state index in [1.807, 2.05) is 0 Å². The van der Waals surface area contributed by atoms with Crippen molar-refractivity contribution in [3.8, 4) is 11.4 Å². The van der Waals surface area contributed by atoms with Crippen molar-refractivity contribution < 1.29 is 18.0 Å². The summed E-state index contributed by atoms with van der Waals surface area (Å²) in [6, 6.07) is 14.3. The molecular formula is C19H15F3N6O. The van der Waals surface area contributed by atoms with Gasteiger partial charge in [-0.25, -0.2) is 0 Å². The quantitative estimate of drug-likeness (QED) is 0.538. The fraction of sp³-hybridized carbons (Fsp3) is 0.158. The Bertz CT molecular complexity index is 1130. The number of nitrogens with one attached hydrogen (secondary N) is 2.